The molecule has 2 fully saturated rings. The van der Waals surface area contributed by atoms with E-state index in [0.29, 0.717) is 50.2 Å². The van der Waals surface area contributed by atoms with E-state index in [2.05, 4.69) is 11.5 Å². The molecule has 1 aliphatic heterocycles. The molecule has 1 amide bonds. The SMILES string of the molecule is CCN(C(=O)CSc1nc2cc(S(=O)(=O)N3CCOCC3)ccc2n1CC)C1CCCCC1. The van der Waals surface area contributed by atoms with Gasteiger partial charge in [-0.1, -0.05) is 31.0 Å². The fourth-order valence-corrected chi connectivity index (χ4v) is 7.23. The van der Waals surface area contributed by atoms with E-state index >= 15 is 0 Å². The average Bonchev–Trinajstić information content (AvgIpc) is 3.21. The second-order valence-corrected chi connectivity index (χ2v) is 11.4. The first-order chi connectivity index (χ1) is 16.0. The number of fused-ring (bicyclic) bond motifs is 1. The van der Waals surface area contributed by atoms with Crippen molar-refractivity contribution in [1.82, 2.24) is 18.8 Å². The normalized spacial score (nSPS) is 18.6. The Morgan fingerprint density at radius 2 is 1.91 bits per heavy atom. The maximum atomic E-state index is 13.0. The summed E-state index contributed by atoms with van der Waals surface area (Å²) in [5.41, 5.74) is 1.52. The highest BCUT2D eigenvalue weighted by Gasteiger charge is 2.28. The second kappa shape index (κ2) is 10.8. The summed E-state index contributed by atoms with van der Waals surface area (Å²) in [4.78, 5) is 20.0. The molecule has 1 aromatic carbocycles. The Labute approximate surface area is 200 Å². The predicted molar refractivity (Wildman–Crippen MR) is 130 cm³/mol. The van der Waals surface area contributed by atoms with E-state index in [1.807, 2.05) is 17.9 Å². The number of morpholine rings is 1. The second-order valence-electron chi connectivity index (χ2n) is 8.57. The Morgan fingerprint density at radius 1 is 1.18 bits per heavy atom. The van der Waals surface area contributed by atoms with Gasteiger partial charge in [0.15, 0.2) is 5.16 Å². The van der Waals surface area contributed by atoms with Gasteiger partial charge in [-0.25, -0.2) is 13.4 Å². The summed E-state index contributed by atoms with van der Waals surface area (Å²) in [5, 5.41) is 0.751. The summed E-state index contributed by atoms with van der Waals surface area (Å²) in [6.07, 6.45) is 5.85. The zero-order chi connectivity index (χ0) is 23.4. The number of rotatable bonds is 8. The molecule has 0 bridgehead atoms. The third kappa shape index (κ3) is 5.23. The van der Waals surface area contributed by atoms with Crippen molar-refractivity contribution in [3.8, 4) is 0 Å². The summed E-state index contributed by atoms with van der Waals surface area (Å²) >= 11 is 1.44. The first-order valence-corrected chi connectivity index (χ1v) is 14.4. The van der Waals surface area contributed by atoms with Crippen LogP contribution >= 0.6 is 11.8 Å². The van der Waals surface area contributed by atoms with Crippen LogP contribution in [0.3, 0.4) is 0 Å². The third-order valence-electron chi connectivity index (χ3n) is 6.61. The summed E-state index contributed by atoms with van der Waals surface area (Å²) in [5.74, 6) is 0.492. The Morgan fingerprint density at radius 3 is 2.58 bits per heavy atom. The van der Waals surface area contributed by atoms with Crippen LogP contribution in [-0.4, -0.2) is 77.7 Å². The minimum Gasteiger partial charge on any atom is -0.379 e. The molecule has 0 spiro atoms. The van der Waals surface area contributed by atoms with Gasteiger partial charge in [0.05, 0.1) is 34.9 Å². The van der Waals surface area contributed by atoms with E-state index in [1.165, 1.54) is 35.3 Å². The molecule has 182 valence electrons. The maximum absolute atomic E-state index is 13.0. The van der Waals surface area contributed by atoms with Gasteiger partial charge < -0.3 is 14.2 Å². The zero-order valence-corrected chi connectivity index (χ0v) is 21.2. The lowest BCUT2D eigenvalue weighted by Gasteiger charge is -2.33. The zero-order valence-electron chi connectivity index (χ0n) is 19.5. The number of thioether (sulfide) groups is 1. The van der Waals surface area contributed by atoms with Crippen LogP contribution < -0.4 is 0 Å². The minimum absolute atomic E-state index is 0.152. The number of imidazole rings is 1. The quantitative estimate of drug-likeness (QED) is 0.523. The number of carbonyl (C=O) groups excluding carboxylic acids is 1. The summed E-state index contributed by atoms with van der Waals surface area (Å²) in [6.45, 7) is 7.07. The van der Waals surface area contributed by atoms with E-state index in [-0.39, 0.29) is 10.8 Å². The summed E-state index contributed by atoms with van der Waals surface area (Å²) < 4.78 is 34.9. The highest BCUT2D eigenvalue weighted by atomic mass is 32.2. The van der Waals surface area contributed by atoms with Crippen LogP contribution in [0.25, 0.3) is 11.0 Å². The maximum Gasteiger partial charge on any atom is 0.243 e. The van der Waals surface area contributed by atoms with E-state index in [0.717, 1.165) is 30.1 Å². The number of benzene rings is 1. The van der Waals surface area contributed by atoms with Crippen molar-refractivity contribution in [1.29, 1.82) is 0 Å². The van der Waals surface area contributed by atoms with Gasteiger partial charge in [0.1, 0.15) is 0 Å². The molecule has 4 rings (SSSR count). The lowest BCUT2D eigenvalue weighted by atomic mass is 9.94. The van der Waals surface area contributed by atoms with Gasteiger partial charge in [-0.3, -0.25) is 4.79 Å². The first-order valence-electron chi connectivity index (χ1n) is 12.0. The molecule has 1 aromatic heterocycles. The van der Waals surface area contributed by atoms with Gasteiger partial charge in [-0.15, -0.1) is 0 Å². The predicted octanol–water partition coefficient (Wildman–Crippen LogP) is 3.35. The number of amides is 1. The smallest absolute Gasteiger partial charge is 0.243 e. The molecule has 1 aliphatic carbocycles. The number of hydrogen-bond acceptors (Lipinski definition) is 6. The number of carbonyl (C=O) groups is 1. The van der Waals surface area contributed by atoms with Crippen LogP contribution in [0.5, 0.6) is 0 Å². The van der Waals surface area contributed by atoms with Crippen LogP contribution in [0, 0.1) is 0 Å². The van der Waals surface area contributed by atoms with Gasteiger partial charge in [-0.05, 0) is 44.9 Å². The molecule has 0 unspecified atom stereocenters. The van der Waals surface area contributed by atoms with Crippen molar-refractivity contribution in [2.24, 2.45) is 0 Å². The van der Waals surface area contributed by atoms with E-state index in [4.69, 9.17) is 9.72 Å². The van der Waals surface area contributed by atoms with Crippen molar-refractivity contribution >= 4 is 38.7 Å². The molecule has 2 aliphatic rings. The summed E-state index contributed by atoms with van der Waals surface area (Å²) in [6, 6.07) is 5.49. The van der Waals surface area contributed by atoms with E-state index < -0.39 is 10.0 Å². The summed E-state index contributed by atoms with van der Waals surface area (Å²) in [7, 11) is -3.58. The molecule has 1 saturated carbocycles. The molecular weight excluding hydrogens is 460 g/mol. The molecule has 1 saturated heterocycles. The third-order valence-corrected chi connectivity index (χ3v) is 9.47. The van der Waals surface area contributed by atoms with Crippen LogP contribution in [-0.2, 0) is 26.1 Å². The molecule has 2 aromatic rings. The highest BCUT2D eigenvalue weighted by Crippen LogP contribution is 2.29. The molecule has 0 radical (unpaired) electrons. The largest absolute Gasteiger partial charge is 0.379 e. The Hall–Kier alpha value is -1.62. The number of hydrogen-bond donors (Lipinski definition) is 0. The number of aromatic nitrogens is 2. The standard InChI is InChI=1S/C23H34N4O4S2/c1-3-26(18-8-6-5-7-9-18)22(28)17-32-23-24-20-16-19(10-11-21(20)27(23)4-2)33(29,30)25-12-14-31-15-13-25/h10-11,16,18H,3-9,12-15,17H2,1-2H3. The number of ether oxygens (including phenoxy) is 1. The Bertz CT molecular complexity index is 1070. The van der Waals surface area contributed by atoms with Crippen molar-refractivity contribution in [3.63, 3.8) is 0 Å². The fourth-order valence-electron chi connectivity index (χ4n) is 4.84. The van der Waals surface area contributed by atoms with Crippen molar-refractivity contribution < 1.29 is 17.9 Å². The molecule has 10 heteroatoms. The molecule has 8 nitrogen and oxygen atoms in total. The van der Waals surface area contributed by atoms with Gasteiger partial charge in [0.2, 0.25) is 15.9 Å². The molecule has 0 N–H and O–H groups in total. The van der Waals surface area contributed by atoms with Crippen molar-refractivity contribution in [2.75, 3.05) is 38.6 Å². The Kier molecular flexibility index (Phi) is 7.99. The molecule has 0 atom stereocenters. The average molecular weight is 495 g/mol. The lowest BCUT2D eigenvalue weighted by Crippen LogP contribution is -2.42. The fraction of sp³-hybridized carbons (Fsp3) is 0.652. The minimum atomic E-state index is -3.58. The Balaban J connectivity index is 1.52. The van der Waals surface area contributed by atoms with Gasteiger partial charge in [0.25, 0.3) is 0 Å². The lowest BCUT2D eigenvalue weighted by molar-refractivity contribution is -0.131. The number of aryl methyl sites for hydroxylation is 1. The topological polar surface area (TPSA) is 84.7 Å². The van der Waals surface area contributed by atoms with Crippen LogP contribution in [0.1, 0.15) is 46.0 Å². The van der Waals surface area contributed by atoms with E-state index in [9.17, 15) is 13.2 Å². The van der Waals surface area contributed by atoms with Crippen LogP contribution in [0.15, 0.2) is 28.3 Å². The van der Waals surface area contributed by atoms with Crippen LogP contribution in [0.2, 0.25) is 0 Å². The number of sulfonamides is 1. The molecule has 2 heterocycles. The first kappa shape index (κ1) is 24.5. The monoisotopic (exact) mass is 494 g/mol. The van der Waals surface area contributed by atoms with Crippen molar-refractivity contribution in [2.45, 2.75) is 68.6 Å². The highest BCUT2D eigenvalue weighted by molar-refractivity contribution is 7.99. The van der Waals surface area contributed by atoms with Gasteiger partial charge >= 0.3 is 0 Å². The van der Waals surface area contributed by atoms with Gasteiger partial charge in [0, 0.05) is 32.2 Å². The number of nitrogens with zero attached hydrogens (tertiary/aromatic N) is 4. The van der Waals surface area contributed by atoms with Crippen LogP contribution in [0.4, 0.5) is 0 Å². The van der Waals surface area contributed by atoms with Gasteiger partial charge in [-0.2, -0.15) is 4.31 Å². The molecule has 33 heavy (non-hydrogen) atoms. The molecular formula is C23H34N4O4S2. The van der Waals surface area contributed by atoms with Crippen molar-refractivity contribution in [3.05, 3.63) is 18.2 Å². The van der Waals surface area contributed by atoms with E-state index in [1.54, 1.807) is 12.1 Å².